The molecule has 4 aromatic rings. The summed E-state index contributed by atoms with van der Waals surface area (Å²) in [6.45, 7) is 4.17. The lowest BCUT2D eigenvalue weighted by molar-refractivity contribution is -0.132. The average Bonchev–Trinajstić information content (AvgIpc) is 3.25. The number of anilines is 1. The fourth-order valence-corrected chi connectivity index (χ4v) is 5.74. The molecular weight excluding hydrogens is 450 g/mol. The predicted octanol–water partition coefficient (Wildman–Crippen LogP) is 5.04. The number of likely N-dealkylation sites (tertiary alicyclic amines) is 1. The number of benzene rings is 2. The molecule has 0 unspecified atom stereocenters. The number of para-hydroxylation sites is 1. The van der Waals surface area contributed by atoms with Gasteiger partial charge in [-0.3, -0.25) is 9.30 Å². The highest BCUT2D eigenvalue weighted by Gasteiger charge is 2.47. The van der Waals surface area contributed by atoms with Crippen LogP contribution in [0.4, 0.5) is 5.95 Å². The number of ether oxygens (including phenoxy) is 2. The summed E-state index contributed by atoms with van der Waals surface area (Å²) in [7, 11) is 0. The Morgan fingerprint density at radius 2 is 1.75 bits per heavy atom. The van der Waals surface area contributed by atoms with E-state index < -0.39 is 0 Å². The number of hydrogen-bond donors (Lipinski definition) is 1. The van der Waals surface area contributed by atoms with Gasteiger partial charge in [-0.05, 0) is 72.7 Å². The summed E-state index contributed by atoms with van der Waals surface area (Å²) in [5, 5.41) is 0. The molecule has 2 aromatic carbocycles. The van der Waals surface area contributed by atoms with Crippen LogP contribution in [0.15, 0.2) is 72.9 Å². The van der Waals surface area contributed by atoms with Crippen molar-refractivity contribution in [3.05, 3.63) is 78.6 Å². The lowest BCUT2D eigenvalue weighted by atomic mass is 9.68. The number of imidazole rings is 1. The van der Waals surface area contributed by atoms with Gasteiger partial charge in [0.1, 0.15) is 17.3 Å². The molecule has 2 N–H and O–H groups in total. The molecule has 1 spiro atoms. The van der Waals surface area contributed by atoms with Crippen molar-refractivity contribution in [2.45, 2.75) is 25.3 Å². The maximum atomic E-state index is 6.36. The first kappa shape index (κ1) is 21.6. The van der Waals surface area contributed by atoms with Gasteiger partial charge in [0.15, 0.2) is 0 Å². The Hall–Kier alpha value is -3.68. The number of rotatable bonds is 5. The highest BCUT2D eigenvalue weighted by molar-refractivity contribution is 5.81. The van der Waals surface area contributed by atoms with Gasteiger partial charge in [0.25, 0.3) is 0 Å². The fourth-order valence-electron chi connectivity index (χ4n) is 5.74. The summed E-state index contributed by atoms with van der Waals surface area (Å²) < 4.78 is 13.3. The van der Waals surface area contributed by atoms with Crippen molar-refractivity contribution in [2.75, 3.05) is 32.0 Å². The molecule has 7 nitrogen and oxygen atoms in total. The van der Waals surface area contributed by atoms with E-state index in [0.29, 0.717) is 17.4 Å². The van der Waals surface area contributed by atoms with E-state index in [1.54, 1.807) is 6.20 Å². The van der Waals surface area contributed by atoms with Gasteiger partial charge in [-0.15, -0.1) is 0 Å². The summed E-state index contributed by atoms with van der Waals surface area (Å²) in [6.07, 6.45) is 7.52. The molecule has 182 valence electrons. The third kappa shape index (κ3) is 3.67. The van der Waals surface area contributed by atoms with Crippen LogP contribution in [-0.2, 0) is 4.74 Å². The maximum absolute atomic E-state index is 6.36. The third-order valence-electron chi connectivity index (χ3n) is 7.90. The van der Waals surface area contributed by atoms with Crippen molar-refractivity contribution in [1.82, 2.24) is 19.3 Å². The topological polar surface area (TPSA) is 77.9 Å². The van der Waals surface area contributed by atoms with E-state index in [-0.39, 0.29) is 0 Å². The van der Waals surface area contributed by atoms with Crippen LogP contribution in [0.3, 0.4) is 0 Å². The smallest absolute Gasteiger partial charge is 0.206 e. The second kappa shape index (κ2) is 8.47. The Kier molecular flexibility index (Phi) is 5.08. The van der Waals surface area contributed by atoms with Gasteiger partial charge in [-0.1, -0.05) is 24.3 Å². The molecule has 36 heavy (non-hydrogen) atoms. The largest absolute Gasteiger partial charge is 0.457 e. The Morgan fingerprint density at radius 3 is 2.44 bits per heavy atom. The van der Waals surface area contributed by atoms with Gasteiger partial charge < -0.3 is 15.2 Å². The molecule has 0 atom stereocenters. The zero-order chi connectivity index (χ0) is 24.1. The van der Waals surface area contributed by atoms with Crippen molar-refractivity contribution in [2.24, 2.45) is 5.41 Å². The van der Waals surface area contributed by atoms with Crippen molar-refractivity contribution >= 4 is 17.0 Å². The molecule has 0 saturated carbocycles. The number of allylic oxidation sites excluding steroid dienone is 2. The maximum Gasteiger partial charge on any atom is 0.206 e. The molecule has 3 aliphatic rings. The molecule has 7 heteroatoms. The molecule has 2 saturated heterocycles. The highest BCUT2D eigenvalue weighted by Crippen LogP contribution is 2.47. The van der Waals surface area contributed by atoms with Gasteiger partial charge >= 0.3 is 0 Å². The summed E-state index contributed by atoms with van der Waals surface area (Å²) in [4.78, 5) is 12.1. The normalized spacial score (nSPS) is 19.6. The lowest BCUT2D eigenvalue weighted by Gasteiger charge is -2.56. The lowest BCUT2D eigenvalue weighted by Crippen LogP contribution is -2.64. The van der Waals surface area contributed by atoms with E-state index in [2.05, 4.69) is 16.0 Å². The zero-order valence-electron chi connectivity index (χ0n) is 20.1. The van der Waals surface area contributed by atoms with Gasteiger partial charge in [-0.2, -0.15) is 0 Å². The second-order valence-electron chi connectivity index (χ2n) is 10.3. The first-order valence-corrected chi connectivity index (χ1v) is 12.7. The Morgan fingerprint density at radius 1 is 0.972 bits per heavy atom. The van der Waals surface area contributed by atoms with E-state index in [1.807, 2.05) is 65.1 Å². The molecule has 4 heterocycles. The standard InChI is InChI=1S/C29H29N5O2/c30-28-31-15-12-25-26(20-10-13-29(14-11-20)18-33(19-29)22-16-35-17-22)32-27(34(25)28)21-6-8-24(9-7-21)36-23-4-2-1-3-5-23/h1-10,12,15,22H,11,13-14,16-19H2,(H2,30,31). The van der Waals surface area contributed by atoms with Gasteiger partial charge in [0, 0.05) is 24.8 Å². The highest BCUT2D eigenvalue weighted by atomic mass is 16.5. The first-order valence-electron chi connectivity index (χ1n) is 12.7. The van der Waals surface area contributed by atoms with Crippen LogP contribution >= 0.6 is 0 Å². The molecular formula is C29H29N5O2. The molecule has 1 aliphatic carbocycles. The summed E-state index contributed by atoms with van der Waals surface area (Å²) in [5.74, 6) is 2.83. The van der Waals surface area contributed by atoms with Gasteiger partial charge in [0.05, 0.1) is 30.5 Å². The Balaban J connectivity index is 1.17. The molecule has 0 bridgehead atoms. The van der Waals surface area contributed by atoms with Crippen molar-refractivity contribution in [1.29, 1.82) is 0 Å². The minimum atomic E-state index is 0.423. The van der Waals surface area contributed by atoms with E-state index in [9.17, 15) is 0 Å². The predicted molar refractivity (Wildman–Crippen MR) is 140 cm³/mol. The third-order valence-corrected chi connectivity index (χ3v) is 7.90. The molecule has 2 aliphatic heterocycles. The summed E-state index contributed by atoms with van der Waals surface area (Å²) in [5.41, 5.74) is 11.1. The molecule has 2 fully saturated rings. The fraction of sp³-hybridized carbons (Fsp3) is 0.310. The van der Waals surface area contributed by atoms with Gasteiger partial charge in [0.2, 0.25) is 5.95 Å². The minimum Gasteiger partial charge on any atom is -0.457 e. The summed E-state index contributed by atoms with van der Waals surface area (Å²) >= 11 is 0. The second-order valence-corrected chi connectivity index (χ2v) is 10.3. The minimum absolute atomic E-state index is 0.423. The number of nitrogens with two attached hydrogens (primary N) is 1. The Labute approximate surface area is 210 Å². The van der Waals surface area contributed by atoms with Crippen LogP contribution < -0.4 is 10.5 Å². The van der Waals surface area contributed by atoms with E-state index in [0.717, 1.165) is 60.2 Å². The number of aromatic nitrogens is 3. The van der Waals surface area contributed by atoms with Crippen molar-refractivity contribution in [3.8, 4) is 22.9 Å². The zero-order valence-corrected chi connectivity index (χ0v) is 20.1. The van der Waals surface area contributed by atoms with Crippen LogP contribution in [-0.4, -0.2) is 51.6 Å². The number of hydrogen-bond acceptors (Lipinski definition) is 6. The SMILES string of the molecule is Nc1nccc2c(C3=CCC4(CC3)CN(C3COC3)C4)nc(-c3ccc(Oc4ccccc4)cc3)n12. The number of nitrogen functional groups attached to an aromatic ring is 1. The van der Waals surface area contributed by atoms with E-state index >= 15 is 0 Å². The van der Waals surface area contributed by atoms with Crippen LogP contribution in [0.1, 0.15) is 25.0 Å². The molecule has 2 aromatic heterocycles. The van der Waals surface area contributed by atoms with Gasteiger partial charge in [-0.25, -0.2) is 9.97 Å². The number of fused-ring (bicyclic) bond motifs is 1. The van der Waals surface area contributed by atoms with Crippen LogP contribution in [0.2, 0.25) is 0 Å². The Bertz CT molecular complexity index is 1430. The van der Waals surface area contributed by atoms with Crippen molar-refractivity contribution < 1.29 is 9.47 Å². The van der Waals surface area contributed by atoms with E-state index in [1.165, 1.54) is 25.1 Å². The number of nitrogens with zero attached hydrogens (tertiary/aromatic N) is 4. The van der Waals surface area contributed by atoms with Crippen LogP contribution in [0.25, 0.3) is 22.5 Å². The van der Waals surface area contributed by atoms with Crippen molar-refractivity contribution in [3.63, 3.8) is 0 Å². The molecule has 0 radical (unpaired) electrons. The summed E-state index contributed by atoms with van der Waals surface area (Å²) in [6, 6.07) is 20.4. The van der Waals surface area contributed by atoms with E-state index in [4.69, 9.17) is 20.2 Å². The van der Waals surface area contributed by atoms with Crippen LogP contribution in [0.5, 0.6) is 11.5 Å². The van der Waals surface area contributed by atoms with Crippen LogP contribution in [0, 0.1) is 5.41 Å². The quantitative estimate of drug-likeness (QED) is 0.432. The molecule has 0 amide bonds. The average molecular weight is 480 g/mol. The first-order chi connectivity index (χ1) is 17.7. The monoisotopic (exact) mass is 479 g/mol. The molecule has 7 rings (SSSR count).